The van der Waals surface area contributed by atoms with Crippen LogP contribution in [0.4, 0.5) is 14.9 Å². The van der Waals surface area contributed by atoms with Crippen molar-refractivity contribution >= 4 is 41.4 Å². The Balaban J connectivity index is 2.00. The summed E-state index contributed by atoms with van der Waals surface area (Å²) in [6.45, 7) is 0. The molecule has 25 heavy (non-hydrogen) atoms. The summed E-state index contributed by atoms with van der Waals surface area (Å²) in [6.07, 6.45) is 5.94. The number of aromatic nitrogens is 2. The molecule has 1 aliphatic rings. The zero-order chi connectivity index (χ0) is 18.0. The Labute approximate surface area is 146 Å². The molecule has 0 radical (unpaired) electrons. The summed E-state index contributed by atoms with van der Waals surface area (Å²) >= 11 is 1.34. The number of hydrogen-bond donors (Lipinski definition) is 1. The van der Waals surface area contributed by atoms with Crippen LogP contribution in [0, 0.1) is 5.82 Å². The first-order chi connectivity index (χ1) is 12.0. The van der Waals surface area contributed by atoms with Crippen molar-refractivity contribution in [1.82, 2.24) is 15.3 Å². The monoisotopic (exact) mass is 358 g/mol. The van der Waals surface area contributed by atoms with Gasteiger partial charge in [-0.2, -0.15) is 0 Å². The number of benzene rings is 1. The molecule has 2 aromatic rings. The van der Waals surface area contributed by atoms with Crippen molar-refractivity contribution < 1.29 is 18.8 Å². The Hall–Kier alpha value is -3.07. The van der Waals surface area contributed by atoms with Gasteiger partial charge in [0.2, 0.25) is 0 Å². The topological polar surface area (TPSA) is 92.3 Å². The number of rotatable bonds is 3. The van der Waals surface area contributed by atoms with Crippen LogP contribution >= 0.6 is 11.8 Å². The summed E-state index contributed by atoms with van der Waals surface area (Å²) in [5.74, 6) is -2.54. The number of halogens is 1. The van der Waals surface area contributed by atoms with E-state index in [1.807, 2.05) is 11.6 Å². The lowest BCUT2D eigenvalue weighted by molar-refractivity contribution is -0.122. The van der Waals surface area contributed by atoms with Crippen LogP contribution in [0.5, 0.6) is 0 Å². The predicted molar refractivity (Wildman–Crippen MR) is 89.2 cm³/mol. The van der Waals surface area contributed by atoms with E-state index in [1.54, 1.807) is 0 Å². The van der Waals surface area contributed by atoms with E-state index in [1.165, 1.54) is 48.4 Å². The molecule has 1 N–H and O–H groups in total. The fourth-order valence-electron chi connectivity index (χ4n) is 2.18. The van der Waals surface area contributed by atoms with Gasteiger partial charge in [0, 0.05) is 18.0 Å². The third kappa shape index (κ3) is 3.26. The van der Waals surface area contributed by atoms with Gasteiger partial charge in [-0.3, -0.25) is 14.9 Å². The number of carbonyl (C=O) groups is 3. The second-order valence-electron chi connectivity index (χ2n) is 4.91. The maximum atomic E-state index is 14.0. The van der Waals surface area contributed by atoms with E-state index >= 15 is 0 Å². The molecule has 0 bridgehead atoms. The SMILES string of the molecule is CSc1ncc(C=C2C(=O)NC(=O)N(c3ccccc3F)C2=O)cn1. The van der Waals surface area contributed by atoms with Crippen LogP contribution in [0.1, 0.15) is 5.56 Å². The standard InChI is InChI=1S/C16H11FN4O3S/c1-25-15-18-7-9(8-19-15)6-10-13(22)20-16(24)21(14(10)23)12-5-3-2-4-11(12)17/h2-8H,1H3,(H,20,22,24). The molecule has 3 rings (SSSR count). The van der Waals surface area contributed by atoms with Crippen molar-refractivity contribution in [3.05, 3.63) is 53.6 Å². The van der Waals surface area contributed by atoms with Crippen molar-refractivity contribution in [2.45, 2.75) is 5.16 Å². The average Bonchev–Trinajstić information content (AvgIpc) is 2.60. The number of para-hydroxylation sites is 1. The van der Waals surface area contributed by atoms with E-state index in [4.69, 9.17) is 0 Å². The van der Waals surface area contributed by atoms with Crippen molar-refractivity contribution in [3.63, 3.8) is 0 Å². The van der Waals surface area contributed by atoms with Crippen molar-refractivity contribution in [2.75, 3.05) is 11.2 Å². The zero-order valence-corrected chi connectivity index (χ0v) is 13.7. The van der Waals surface area contributed by atoms with Crippen molar-refractivity contribution in [2.24, 2.45) is 0 Å². The van der Waals surface area contributed by atoms with Crippen LogP contribution in [-0.2, 0) is 9.59 Å². The fraction of sp³-hybridized carbons (Fsp3) is 0.0625. The fourth-order valence-corrected chi connectivity index (χ4v) is 2.50. The average molecular weight is 358 g/mol. The molecule has 0 aliphatic carbocycles. The molecule has 0 atom stereocenters. The molecule has 0 unspecified atom stereocenters. The molecular formula is C16H11FN4O3S. The van der Waals surface area contributed by atoms with Crippen LogP contribution in [0.3, 0.4) is 0 Å². The first-order valence-electron chi connectivity index (χ1n) is 7.03. The van der Waals surface area contributed by atoms with Gasteiger partial charge in [0.05, 0.1) is 5.69 Å². The minimum absolute atomic E-state index is 0.239. The third-order valence-electron chi connectivity index (χ3n) is 3.34. The minimum atomic E-state index is -1.01. The quantitative estimate of drug-likeness (QED) is 0.390. The maximum absolute atomic E-state index is 14.0. The Morgan fingerprint density at radius 1 is 1.16 bits per heavy atom. The van der Waals surface area contributed by atoms with Gasteiger partial charge in [-0.1, -0.05) is 23.9 Å². The highest BCUT2D eigenvalue weighted by Crippen LogP contribution is 2.24. The minimum Gasteiger partial charge on any atom is -0.273 e. The summed E-state index contributed by atoms with van der Waals surface area (Å²) in [5.41, 5.74) is -0.153. The second-order valence-corrected chi connectivity index (χ2v) is 5.69. The number of hydrogen-bond acceptors (Lipinski definition) is 6. The molecule has 4 amide bonds. The van der Waals surface area contributed by atoms with Gasteiger partial charge in [-0.15, -0.1) is 0 Å². The Morgan fingerprint density at radius 2 is 1.84 bits per heavy atom. The second kappa shape index (κ2) is 6.81. The lowest BCUT2D eigenvalue weighted by Gasteiger charge is -2.26. The third-order valence-corrected chi connectivity index (χ3v) is 3.91. The molecule has 1 aromatic heterocycles. The number of anilines is 1. The van der Waals surface area contributed by atoms with Gasteiger partial charge in [0.25, 0.3) is 11.8 Å². The van der Waals surface area contributed by atoms with Gasteiger partial charge in [-0.05, 0) is 24.5 Å². The van der Waals surface area contributed by atoms with Crippen molar-refractivity contribution in [1.29, 1.82) is 0 Å². The smallest absolute Gasteiger partial charge is 0.273 e. The molecule has 7 nitrogen and oxygen atoms in total. The number of thioether (sulfide) groups is 1. The summed E-state index contributed by atoms with van der Waals surface area (Å²) < 4.78 is 14.0. The molecule has 2 heterocycles. The van der Waals surface area contributed by atoms with Gasteiger partial charge in [0.15, 0.2) is 5.16 Å². The lowest BCUT2D eigenvalue weighted by atomic mass is 10.1. The largest absolute Gasteiger partial charge is 0.336 e. The number of carbonyl (C=O) groups excluding carboxylic acids is 3. The molecular weight excluding hydrogens is 347 g/mol. The zero-order valence-electron chi connectivity index (χ0n) is 12.9. The molecule has 9 heteroatoms. The van der Waals surface area contributed by atoms with Crippen LogP contribution in [0.25, 0.3) is 6.08 Å². The molecule has 1 aromatic carbocycles. The van der Waals surface area contributed by atoms with Crippen LogP contribution < -0.4 is 10.2 Å². The van der Waals surface area contributed by atoms with E-state index in [2.05, 4.69) is 9.97 Å². The Morgan fingerprint density at radius 3 is 2.48 bits per heavy atom. The Kier molecular flexibility index (Phi) is 4.57. The lowest BCUT2D eigenvalue weighted by Crippen LogP contribution is -2.54. The molecule has 0 saturated carbocycles. The van der Waals surface area contributed by atoms with E-state index < -0.39 is 23.7 Å². The van der Waals surface area contributed by atoms with Gasteiger partial charge in [0.1, 0.15) is 11.4 Å². The van der Waals surface area contributed by atoms with Crippen LogP contribution in [0.2, 0.25) is 0 Å². The summed E-state index contributed by atoms with van der Waals surface area (Å²) in [6, 6.07) is 4.29. The number of urea groups is 1. The summed E-state index contributed by atoms with van der Waals surface area (Å²) in [4.78, 5) is 45.3. The highest BCUT2D eigenvalue weighted by atomic mass is 32.2. The number of nitrogens with zero attached hydrogens (tertiary/aromatic N) is 3. The van der Waals surface area contributed by atoms with Gasteiger partial charge in [-0.25, -0.2) is 24.1 Å². The van der Waals surface area contributed by atoms with Gasteiger partial charge < -0.3 is 0 Å². The van der Waals surface area contributed by atoms with E-state index in [0.29, 0.717) is 15.6 Å². The first-order valence-corrected chi connectivity index (χ1v) is 8.25. The van der Waals surface area contributed by atoms with Gasteiger partial charge >= 0.3 is 6.03 Å². The molecule has 1 saturated heterocycles. The normalized spacial score (nSPS) is 16.3. The van der Waals surface area contributed by atoms with Crippen LogP contribution in [0.15, 0.2) is 47.4 Å². The first kappa shape index (κ1) is 16.8. The van der Waals surface area contributed by atoms with Crippen molar-refractivity contribution in [3.8, 4) is 0 Å². The molecule has 1 aliphatic heterocycles. The highest BCUT2D eigenvalue weighted by molar-refractivity contribution is 7.98. The maximum Gasteiger partial charge on any atom is 0.336 e. The Bertz CT molecular complexity index is 899. The molecule has 126 valence electrons. The highest BCUT2D eigenvalue weighted by Gasteiger charge is 2.37. The van der Waals surface area contributed by atoms with Crippen LogP contribution in [-0.4, -0.2) is 34.1 Å². The molecule has 0 spiro atoms. The van der Waals surface area contributed by atoms with E-state index in [9.17, 15) is 18.8 Å². The predicted octanol–water partition coefficient (Wildman–Crippen LogP) is 2.00. The number of nitrogens with one attached hydrogen (secondary N) is 1. The number of amides is 4. The van der Waals surface area contributed by atoms with E-state index in [-0.39, 0.29) is 11.3 Å². The number of imide groups is 2. The van der Waals surface area contributed by atoms with E-state index in [0.717, 1.165) is 6.07 Å². The summed E-state index contributed by atoms with van der Waals surface area (Å²) in [7, 11) is 0. The number of barbiturate groups is 1. The summed E-state index contributed by atoms with van der Waals surface area (Å²) in [5, 5.41) is 2.56. The molecule has 1 fully saturated rings.